The van der Waals surface area contributed by atoms with E-state index in [1.807, 2.05) is 30.3 Å². The van der Waals surface area contributed by atoms with E-state index in [0.29, 0.717) is 27.0 Å². The van der Waals surface area contributed by atoms with E-state index >= 15 is 0 Å². The number of carbonyl (C=O) groups is 3. The molecule has 0 heterocycles. The zero-order valence-electron chi connectivity index (χ0n) is 17.8. The Bertz CT molecular complexity index is 1170. The molecule has 3 N–H and O–H groups in total. The number of hydrazone groups is 1. The molecule has 3 aromatic rings. The molecule has 0 aliphatic carbocycles. The number of rotatable bonds is 8. The molecule has 0 fully saturated rings. The van der Waals surface area contributed by atoms with Gasteiger partial charge in [0, 0.05) is 22.3 Å². The van der Waals surface area contributed by atoms with Crippen molar-refractivity contribution in [3.8, 4) is 5.75 Å². The van der Waals surface area contributed by atoms with Crippen molar-refractivity contribution in [1.82, 2.24) is 10.7 Å². The van der Waals surface area contributed by atoms with Crippen LogP contribution in [0, 0.1) is 0 Å². The van der Waals surface area contributed by atoms with Crippen molar-refractivity contribution in [2.75, 3.05) is 11.9 Å². The molecule has 3 amide bonds. The van der Waals surface area contributed by atoms with Crippen molar-refractivity contribution in [2.24, 2.45) is 5.10 Å². The summed E-state index contributed by atoms with van der Waals surface area (Å²) in [6.07, 6.45) is 1.38. The second-order valence-electron chi connectivity index (χ2n) is 6.93. The van der Waals surface area contributed by atoms with Gasteiger partial charge in [-0.3, -0.25) is 14.4 Å². The number of hydrogen-bond donors (Lipinski definition) is 3. The average molecular weight is 499 g/mol. The highest BCUT2D eigenvalue weighted by Gasteiger charge is 2.11. The van der Waals surface area contributed by atoms with Crippen LogP contribution < -0.4 is 20.8 Å². The molecule has 0 atom stereocenters. The lowest BCUT2D eigenvalue weighted by atomic mass is 10.2. The molecule has 174 valence electrons. The van der Waals surface area contributed by atoms with Crippen LogP contribution in [0.3, 0.4) is 0 Å². The van der Waals surface area contributed by atoms with E-state index in [9.17, 15) is 14.4 Å². The van der Waals surface area contributed by atoms with E-state index in [1.54, 1.807) is 42.5 Å². The van der Waals surface area contributed by atoms with Crippen molar-refractivity contribution in [3.63, 3.8) is 0 Å². The number of amides is 3. The molecule has 0 aliphatic rings. The summed E-state index contributed by atoms with van der Waals surface area (Å²) in [5.74, 6) is -1.58. The zero-order valence-corrected chi connectivity index (χ0v) is 19.3. The Kier molecular flexibility index (Phi) is 9.02. The van der Waals surface area contributed by atoms with Gasteiger partial charge in [-0.15, -0.1) is 0 Å². The van der Waals surface area contributed by atoms with Crippen molar-refractivity contribution in [3.05, 3.63) is 94.0 Å². The highest BCUT2D eigenvalue weighted by molar-refractivity contribution is 6.35. The molecule has 0 saturated carbocycles. The lowest BCUT2D eigenvalue weighted by Crippen LogP contribution is -2.37. The number of carbonyl (C=O) groups excluding carboxylic acids is 3. The number of benzene rings is 3. The Morgan fingerprint density at radius 1 is 0.882 bits per heavy atom. The molecule has 0 saturated heterocycles. The molecular weight excluding hydrogens is 479 g/mol. The minimum Gasteiger partial charge on any atom is -0.484 e. The largest absolute Gasteiger partial charge is 0.484 e. The van der Waals surface area contributed by atoms with E-state index in [0.717, 1.165) is 5.56 Å². The van der Waals surface area contributed by atoms with Crippen molar-refractivity contribution < 1.29 is 19.1 Å². The molecule has 0 spiro atoms. The van der Waals surface area contributed by atoms with Gasteiger partial charge in [0.2, 0.25) is 0 Å². The van der Waals surface area contributed by atoms with Crippen molar-refractivity contribution >= 4 is 52.8 Å². The molecule has 10 heteroatoms. The lowest BCUT2D eigenvalue weighted by Gasteiger charge is -2.08. The second kappa shape index (κ2) is 12.4. The maximum atomic E-state index is 12.0. The van der Waals surface area contributed by atoms with Gasteiger partial charge in [0.1, 0.15) is 5.75 Å². The van der Waals surface area contributed by atoms with Crippen molar-refractivity contribution in [2.45, 2.75) is 6.54 Å². The SMILES string of the molecule is O=C(COc1ccc(C=NNC(=O)C(=O)NCc2ccccc2)cc1)Nc1cc(Cl)cc(Cl)c1. The van der Waals surface area contributed by atoms with Crippen LogP contribution in [0.5, 0.6) is 5.75 Å². The van der Waals surface area contributed by atoms with Gasteiger partial charge >= 0.3 is 11.8 Å². The summed E-state index contributed by atoms with van der Waals surface area (Å²) in [7, 11) is 0. The fraction of sp³-hybridized carbons (Fsp3) is 0.0833. The minimum atomic E-state index is -0.876. The summed E-state index contributed by atoms with van der Waals surface area (Å²) in [5.41, 5.74) is 4.16. The van der Waals surface area contributed by atoms with Gasteiger partial charge in [0.25, 0.3) is 5.91 Å². The van der Waals surface area contributed by atoms with Gasteiger partial charge in [0.15, 0.2) is 6.61 Å². The summed E-state index contributed by atoms with van der Waals surface area (Å²) in [4.78, 5) is 35.7. The lowest BCUT2D eigenvalue weighted by molar-refractivity contribution is -0.139. The van der Waals surface area contributed by atoms with Crippen molar-refractivity contribution in [1.29, 1.82) is 0 Å². The summed E-state index contributed by atoms with van der Waals surface area (Å²) in [6.45, 7) is 0.0227. The van der Waals surface area contributed by atoms with Crippen LogP contribution in [0.2, 0.25) is 10.0 Å². The summed E-state index contributed by atoms with van der Waals surface area (Å²) < 4.78 is 5.45. The molecule has 34 heavy (non-hydrogen) atoms. The van der Waals surface area contributed by atoms with Gasteiger partial charge in [-0.2, -0.15) is 5.10 Å². The number of nitrogens with zero attached hydrogens (tertiary/aromatic N) is 1. The fourth-order valence-electron chi connectivity index (χ4n) is 2.70. The monoisotopic (exact) mass is 498 g/mol. The number of ether oxygens (including phenoxy) is 1. The highest BCUT2D eigenvalue weighted by atomic mass is 35.5. The van der Waals surface area contributed by atoms with Gasteiger partial charge in [-0.1, -0.05) is 53.5 Å². The maximum absolute atomic E-state index is 12.0. The molecule has 0 unspecified atom stereocenters. The predicted molar refractivity (Wildman–Crippen MR) is 131 cm³/mol. The zero-order chi connectivity index (χ0) is 24.3. The first-order valence-electron chi connectivity index (χ1n) is 10.0. The third kappa shape index (κ3) is 8.23. The van der Waals surface area contributed by atoms with E-state index in [2.05, 4.69) is 21.2 Å². The molecule has 0 aliphatic heterocycles. The second-order valence-corrected chi connectivity index (χ2v) is 7.80. The minimum absolute atomic E-state index is 0.217. The van der Waals surface area contributed by atoms with Crippen LogP contribution >= 0.6 is 23.2 Å². The quantitative estimate of drug-likeness (QED) is 0.249. The Balaban J connectivity index is 1.40. The topological polar surface area (TPSA) is 109 Å². The third-order valence-electron chi connectivity index (χ3n) is 4.28. The van der Waals surface area contributed by atoms with Crippen LogP contribution in [0.25, 0.3) is 0 Å². The first kappa shape index (κ1) is 24.8. The summed E-state index contributed by atoms with van der Waals surface area (Å²) in [5, 5.41) is 9.74. The molecular formula is C24H20Cl2N4O4. The molecule has 0 aromatic heterocycles. The molecule has 0 radical (unpaired) electrons. The fourth-order valence-corrected chi connectivity index (χ4v) is 3.22. The molecule has 3 aromatic carbocycles. The summed E-state index contributed by atoms with van der Waals surface area (Å²) in [6, 6.07) is 20.6. The van der Waals surface area contributed by atoms with Gasteiger partial charge in [-0.05, 0) is 53.6 Å². The van der Waals surface area contributed by atoms with Gasteiger partial charge in [0.05, 0.1) is 6.21 Å². The smallest absolute Gasteiger partial charge is 0.329 e. The number of nitrogens with one attached hydrogen (secondary N) is 3. The number of halogens is 2. The normalized spacial score (nSPS) is 10.5. The Morgan fingerprint density at radius 3 is 2.24 bits per heavy atom. The highest BCUT2D eigenvalue weighted by Crippen LogP contribution is 2.22. The summed E-state index contributed by atoms with van der Waals surface area (Å²) >= 11 is 11.8. The average Bonchev–Trinajstić information content (AvgIpc) is 2.82. The van der Waals surface area contributed by atoms with E-state index < -0.39 is 11.8 Å². The van der Waals surface area contributed by atoms with E-state index in [4.69, 9.17) is 27.9 Å². The first-order chi connectivity index (χ1) is 16.4. The predicted octanol–water partition coefficient (Wildman–Crippen LogP) is 3.78. The molecule has 3 rings (SSSR count). The standard InChI is InChI=1S/C24H20Cl2N4O4/c25-18-10-19(26)12-20(11-18)29-22(31)15-34-21-8-6-17(7-9-21)14-28-30-24(33)23(32)27-13-16-4-2-1-3-5-16/h1-12,14H,13,15H2,(H,27,32)(H,29,31)(H,30,33). The van der Waals surface area contributed by atoms with Crippen LogP contribution in [-0.2, 0) is 20.9 Å². The first-order valence-corrected chi connectivity index (χ1v) is 10.8. The van der Waals surface area contributed by atoms with Gasteiger partial charge < -0.3 is 15.4 Å². The maximum Gasteiger partial charge on any atom is 0.329 e. The Hall–Kier alpha value is -3.88. The molecule has 8 nitrogen and oxygen atoms in total. The van der Waals surface area contributed by atoms with Gasteiger partial charge in [-0.25, -0.2) is 5.43 Å². The van der Waals surface area contributed by atoms with Crippen LogP contribution in [0.4, 0.5) is 5.69 Å². The third-order valence-corrected chi connectivity index (χ3v) is 4.71. The van der Waals surface area contributed by atoms with E-state index in [-0.39, 0.29) is 19.1 Å². The van der Waals surface area contributed by atoms with Crippen LogP contribution in [0.15, 0.2) is 77.9 Å². The molecule has 0 bridgehead atoms. The van der Waals surface area contributed by atoms with E-state index in [1.165, 1.54) is 6.21 Å². The number of anilines is 1. The Labute approximate surface area is 205 Å². The van der Waals surface area contributed by atoms with Crippen LogP contribution in [-0.4, -0.2) is 30.5 Å². The van der Waals surface area contributed by atoms with Crippen LogP contribution in [0.1, 0.15) is 11.1 Å². The Morgan fingerprint density at radius 2 is 1.56 bits per heavy atom. The number of hydrogen-bond acceptors (Lipinski definition) is 5.